The van der Waals surface area contributed by atoms with Gasteiger partial charge in [0.1, 0.15) is 5.51 Å². The van der Waals surface area contributed by atoms with E-state index in [4.69, 9.17) is 5.73 Å². The zero-order chi connectivity index (χ0) is 7.23. The van der Waals surface area contributed by atoms with E-state index >= 15 is 0 Å². The molecule has 4 nitrogen and oxygen atoms in total. The molecule has 10 heavy (non-hydrogen) atoms. The van der Waals surface area contributed by atoms with Crippen LogP contribution in [0.1, 0.15) is 6.42 Å². The van der Waals surface area contributed by atoms with Crippen molar-refractivity contribution in [1.29, 1.82) is 0 Å². The Morgan fingerprint density at radius 3 is 3.20 bits per heavy atom. The second-order valence-electron chi connectivity index (χ2n) is 1.82. The fourth-order valence-electron chi connectivity index (χ4n) is 0.551. The monoisotopic (exact) mass is 158 g/mol. The zero-order valence-corrected chi connectivity index (χ0v) is 6.40. The lowest BCUT2D eigenvalue weighted by molar-refractivity contribution is 0.867. The van der Waals surface area contributed by atoms with Crippen LogP contribution in [-0.4, -0.2) is 22.4 Å². The molecular formula is C5H10N4S. The molecule has 56 valence electrons. The second-order valence-corrected chi connectivity index (χ2v) is 2.43. The van der Waals surface area contributed by atoms with Crippen LogP contribution in [0.25, 0.3) is 0 Å². The molecule has 5 heteroatoms. The van der Waals surface area contributed by atoms with Gasteiger partial charge >= 0.3 is 0 Å². The number of anilines is 1. The maximum absolute atomic E-state index is 5.29. The molecule has 0 bridgehead atoms. The molecule has 0 spiro atoms. The minimum absolute atomic E-state index is 0.705. The van der Waals surface area contributed by atoms with Crippen LogP contribution < -0.4 is 11.1 Å². The van der Waals surface area contributed by atoms with Gasteiger partial charge in [-0.15, -0.1) is 0 Å². The number of nitrogens with zero attached hydrogens (tertiary/aromatic N) is 2. The first kappa shape index (κ1) is 7.43. The van der Waals surface area contributed by atoms with Gasteiger partial charge in [0.05, 0.1) is 0 Å². The molecular weight excluding hydrogens is 148 g/mol. The van der Waals surface area contributed by atoms with E-state index in [1.165, 1.54) is 11.5 Å². The maximum atomic E-state index is 5.29. The molecule has 0 saturated heterocycles. The van der Waals surface area contributed by atoms with E-state index in [1.54, 1.807) is 5.51 Å². The van der Waals surface area contributed by atoms with Crippen molar-refractivity contribution in [3.63, 3.8) is 0 Å². The second kappa shape index (κ2) is 4.19. The van der Waals surface area contributed by atoms with Crippen molar-refractivity contribution in [3.05, 3.63) is 5.51 Å². The summed E-state index contributed by atoms with van der Waals surface area (Å²) < 4.78 is 3.97. The van der Waals surface area contributed by atoms with Crippen molar-refractivity contribution in [3.8, 4) is 0 Å². The summed E-state index contributed by atoms with van der Waals surface area (Å²) in [5.41, 5.74) is 6.99. The lowest BCUT2D eigenvalue weighted by Gasteiger charge is -1.97. The third kappa shape index (κ3) is 2.28. The highest BCUT2D eigenvalue weighted by Gasteiger charge is 1.91. The molecule has 0 unspecified atom stereocenters. The average molecular weight is 158 g/mol. The van der Waals surface area contributed by atoms with Crippen LogP contribution in [0.5, 0.6) is 0 Å². The van der Waals surface area contributed by atoms with Gasteiger partial charge in [-0.3, -0.25) is 0 Å². The van der Waals surface area contributed by atoms with Crippen LogP contribution in [0.2, 0.25) is 0 Å². The van der Waals surface area contributed by atoms with E-state index in [0.717, 1.165) is 13.0 Å². The first-order chi connectivity index (χ1) is 4.93. The Bertz CT molecular complexity index is 162. The van der Waals surface area contributed by atoms with Crippen molar-refractivity contribution in [1.82, 2.24) is 9.36 Å². The first-order valence-electron chi connectivity index (χ1n) is 3.14. The third-order valence-corrected chi connectivity index (χ3v) is 1.50. The quantitative estimate of drug-likeness (QED) is 0.618. The molecule has 1 aromatic rings. The predicted molar refractivity (Wildman–Crippen MR) is 42.1 cm³/mol. The Balaban J connectivity index is 2.15. The van der Waals surface area contributed by atoms with Gasteiger partial charge in [-0.05, 0) is 24.5 Å². The van der Waals surface area contributed by atoms with Gasteiger partial charge in [0.2, 0.25) is 5.95 Å². The van der Waals surface area contributed by atoms with E-state index in [-0.39, 0.29) is 0 Å². The van der Waals surface area contributed by atoms with Gasteiger partial charge in [0.25, 0.3) is 0 Å². The van der Waals surface area contributed by atoms with Crippen LogP contribution in [0.4, 0.5) is 5.95 Å². The molecule has 0 amide bonds. The van der Waals surface area contributed by atoms with Gasteiger partial charge in [-0.2, -0.15) is 4.37 Å². The van der Waals surface area contributed by atoms with Crippen LogP contribution in [0, 0.1) is 0 Å². The summed E-state index contributed by atoms with van der Waals surface area (Å²) in [4.78, 5) is 3.94. The summed E-state index contributed by atoms with van der Waals surface area (Å²) in [6.45, 7) is 1.56. The van der Waals surface area contributed by atoms with E-state index in [0.29, 0.717) is 12.5 Å². The summed E-state index contributed by atoms with van der Waals surface area (Å²) in [6, 6.07) is 0. The van der Waals surface area contributed by atoms with Gasteiger partial charge in [0, 0.05) is 6.54 Å². The summed E-state index contributed by atoms with van der Waals surface area (Å²) in [6.07, 6.45) is 0.958. The Morgan fingerprint density at radius 2 is 2.60 bits per heavy atom. The van der Waals surface area contributed by atoms with Gasteiger partial charge in [-0.1, -0.05) is 0 Å². The van der Waals surface area contributed by atoms with Gasteiger partial charge in [-0.25, -0.2) is 4.98 Å². The van der Waals surface area contributed by atoms with Gasteiger partial charge in [0.15, 0.2) is 0 Å². The number of nitrogens with two attached hydrogens (primary N) is 1. The Hall–Kier alpha value is -0.680. The number of hydrogen-bond donors (Lipinski definition) is 2. The highest BCUT2D eigenvalue weighted by molar-refractivity contribution is 7.03. The minimum atomic E-state index is 0.705. The standard InChI is InChI=1S/C5H10N4S/c6-2-1-3-7-5-8-4-10-9-5/h4H,1-3,6H2,(H,7,9). The van der Waals surface area contributed by atoms with E-state index in [1.807, 2.05) is 0 Å². The van der Waals surface area contributed by atoms with E-state index < -0.39 is 0 Å². The molecule has 0 fully saturated rings. The summed E-state index contributed by atoms with van der Waals surface area (Å²) in [5.74, 6) is 0.707. The number of rotatable bonds is 4. The lowest BCUT2D eigenvalue weighted by Crippen LogP contribution is -2.08. The smallest absolute Gasteiger partial charge is 0.234 e. The SMILES string of the molecule is NCCCNc1ncsn1. The van der Waals surface area contributed by atoms with E-state index in [9.17, 15) is 0 Å². The molecule has 0 atom stereocenters. The van der Waals surface area contributed by atoms with Crippen LogP contribution >= 0.6 is 11.5 Å². The number of hydrogen-bond acceptors (Lipinski definition) is 5. The van der Waals surface area contributed by atoms with Crippen molar-refractivity contribution in [2.75, 3.05) is 18.4 Å². The van der Waals surface area contributed by atoms with Crippen molar-refractivity contribution < 1.29 is 0 Å². The minimum Gasteiger partial charge on any atom is -0.353 e. The summed E-state index contributed by atoms with van der Waals surface area (Å²) in [7, 11) is 0. The molecule has 0 aromatic carbocycles. The predicted octanol–water partition coefficient (Wildman–Crippen LogP) is 0.299. The van der Waals surface area contributed by atoms with Crippen molar-refractivity contribution >= 4 is 17.5 Å². The number of nitrogens with one attached hydrogen (secondary N) is 1. The highest BCUT2D eigenvalue weighted by atomic mass is 32.1. The molecule has 1 heterocycles. The van der Waals surface area contributed by atoms with Crippen LogP contribution in [0.15, 0.2) is 5.51 Å². The molecule has 3 N–H and O–H groups in total. The summed E-state index contributed by atoms with van der Waals surface area (Å²) in [5, 5.41) is 3.03. The molecule has 1 rings (SSSR count). The fraction of sp³-hybridized carbons (Fsp3) is 0.600. The molecule has 0 saturated carbocycles. The highest BCUT2D eigenvalue weighted by Crippen LogP contribution is 1.98. The molecule has 1 aromatic heterocycles. The Morgan fingerprint density at radius 1 is 1.70 bits per heavy atom. The molecule has 0 aliphatic heterocycles. The Kier molecular flexibility index (Phi) is 3.11. The van der Waals surface area contributed by atoms with Crippen LogP contribution in [-0.2, 0) is 0 Å². The third-order valence-electron chi connectivity index (χ3n) is 1.03. The zero-order valence-electron chi connectivity index (χ0n) is 5.58. The normalized spacial score (nSPS) is 9.70. The first-order valence-corrected chi connectivity index (χ1v) is 3.97. The molecule has 0 radical (unpaired) electrons. The van der Waals surface area contributed by atoms with Crippen molar-refractivity contribution in [2.24, 2.45) is 5.73 Å². The lowest BCUT2D eigenvalue weighted by atomic mass is 10.4. The van der Waals surface area contributed by atoms with Gasteiger partial charge < -0.3 is 11.1 Å². The number of aromatic nitrogens is 2. The Labute approximate surface area is 63.6 Å². The van der Waals surface area contributed by atoms with Crippen LogP contribution in [0.3, 0.4) is 0 Å². The van der Waals surface area contributed by atoms with E-state index in [2.05, 4.69) is 14.7 Å². The average Bonchev–Trinajstić information content (AvgIpc) is 2.41. The molecule has 0 aliphatic rings. The molecule has 0 aliphatic carbocycles. The van der Waals surface area contributed by atoms with Crippen molar-refractivity contribution in [2.45, 2.75) is 6.42 Å². The largest absolute Gasteiger partial charge is 0.353 e. The topological polar surface area (TPSA) is 63.8 Å². The summed E-state index contributed by atoms with van der Waals surface area (Å²) >= 11 is 1.34. The maximum Gasteiger partial charge on any atom is 0.234 e. The fourth-order valence-corrected chi connectivity index (χ4v) is 0.956.